The molecule has 1 aromatic carbocycles. The van der Waals surface area contributed by atoms with Gasteiger partial charge in [-0.1, -0.05) is 6.92 Å². The summed E-state index contributed by atoms with van der Waals surface area (Å²) >= 11 is 5.24. The van der Waals surface area contributed by atoms with Crippen molar-refractivity contribution in [3.05, 3.63) is 51.8 Å². The van der Waals surface area contributed by atoms with Crippen molar-refractivity contribution < 1.29 is 9.47 Å². The fourth-order valence-corrected chi connectivity index (χ4v) is 3.33. The number of hydrogen-bond donors (Lipinski definition) is 1. The normalized spacial score (nSPS) is 13.0. The molecule has 26 heavy (non-hydrogen) atoms. The molecule has 0 saturated heterocycles. The van der Waals surface area contributed by atoms with Crippen LogP contribution >= 0.6 is 12.2 Å². The minimum absolute atomic E-state index is 0.269. The Labute approximate surface area is 155 Å². The van der Waals surface area contributed by atoms with Gasteiger partial charge in [-0.3, -0.25) is 5.10 Å². The van der Waals surface area contributed by atoms with E-state index in [1.807, 2.05) is 31.3 Å². The van der Waals surface area contributed by atoms with Crippen LogP contribution < -0.4 is 9.47 Å². The number of nitrogens with one attached hydrogen (secondary N) is 1. The number of benzene rings is 1. The van der Waals surface area contributed by atoms with Crippen LogP contribution in [-0.2, 0) is 6.42 Å². The van der Waals surface area contributed by atoms with Gasteiger partial charge in [0.2, 0.25) is 11.6 Å². The van der Waals surface area contributed by atoms with Gasteiger partial charge in [0.1, 0.15) is 0 Å². The fourth-order valence-electron chi connectivity index (χ4n) is 3.13. The van der Waals surface area contributed by atoms with E-state index in [4.69, 9.17) is 21.7 Å². The van der Waals surface area contributed by atoms with E-state index in [2.05, 4.69) is 39.8 Å². The topological polar surface area (TPSA) is 69.4 Å². The first kappa shape index (κ1) is 16.6. The van der Waals surface area contributed by atoms with Crippen molar-refractivity contribution >= 4 is 18.4 Å². The largest absolute Gasteiger partial charge is 0.454 e. The van der Waals surface area contributed by atoms with Crippen LogP contribution in [0.5, 0.6) is 11.5 Å². The van der Waals surface area contributed by atoms with Crippen molar-refractivity contribution in [3.8, 4) is 17.2 Å². The van der Waals surface area contributed by atoms with Crippen LogP contribution in [-0.4, -0.2) is 32.4 Å². The predicted octanol–water partition coefficient (Wildman–Crippen LogP) is 3.52. The van der Waals surface area contributed by atoms with Crippen LogP contribution in [0.4, 0.5) is 0 Å². The second-order valence-corrected chi connectivity index (χ2v) is 6.44. The zero-order chi connectivity index (χ0) is 18.3. The Morgan fingerprint density at radius 1 is 1.27 bits per heavy atom. The maximum atomic E-state index is 5.50. The number of aromatic amines is 1. The van der Waals surface area contributed by atoms with E-state index in [-0.39, 0.29) is 6.79 Å². The first-order chi connectivity index (χ1) is 12.6. The van der Waals surface area contributed by atoms with Gasteiger partial charge in [-0.05, 0) is 44.3 Å². The van der Waals surface area contributed by atoms with Crippen molar-refractivity contribution in [2.24, 2.45) is 5.10 Å². The van der Waals surface area contributed by atoms with Crippen molar-refractivity contribution in [1.29, 1.82) is 0 Å². The van der Waals surface area contributed by atoms with E-state index >= 15 is 0 Å². The number of aryl methyl sites for hydroxylation is 2. The lowest BCUT2D eigenvalue weighted by molar-refractivity contribution is 0.174. The minimum atomic E-state index is 0.269. The summed E-state index contributed by atoms with van der Waals surface area (Å²) in [4.78, 5) is 0. The maximum absolute atomic E-state index is 5.50. The first-order valence-electron chi connectivity index (χ1n) is 8.38. The van der Waals surface area contributed by atoms with E-state index in [1.54, 1.807) is 4.68 Å². The molecule has 2 aromatic heterocycles. The predicted molar refractivity (Wildman–Crippen MR) is 101 cm³/mol. The zero-order valence-electron chi connectivity index (χ0n) is 14.8. The molecule has 134 valence electrons. The van der Waals surface area contributed by atoms with E-state index in [0.717, 1.165) is 46.4 Å². The number of H-pyrrole nitrogens is 1. The summed E-state index contributed by atoms with van der Waals surface area (Å²) in [7, 11) is 0. The monoisotopic (exact) mass is 369 g/mol. The average molecular weight is 369 g/mol. The Balaban J connectivity index is 1.72. The number of fused-ring (bicyclic) bond motifs is 1. The third-order valence-electron chi connectivity index (χ3n) is 4.43. The summed E-state index contributed by atoms with van der Waals surface area (Å²) in [6, 6.07) is 8.04. The Kier molecular flexibility index (Phi) is 4.12. The van der Waals surface area contributed by atoms with Crippen LogP contribution in [0.2, 0.25) is 0 Å². The highest BCUT2D eigenvalue weighted by Gasteiger charge is 2.16. The van der Waals surface area contributed by atoms with Gasteiger partial charge in [0.05, 0.1) is 6.21 Å². The molecule has 8 heteroatoms. The molecule has 3 aromatic rings. The van der Waals surface area contributed by atoms with Crippen molar-refractivity contribution in [3.63, 3.8) is 0 Å². The number of hydrogen-bond acceptors (Lipinski definition) is 5. The summed E-state index contributed by atoms with van der Waals surface area (Å²) in [6.45, 7) is 6.41. The highest BCUT2D eigenvalue weighted by atomic mass is 32.1. The van der Waals surface area contributed by atoms with Crippen LogP contribution in [0.3, 0.4) is 0 Å². The molecule has 0 bridgehead atoms. The smallest absolute Gasteiger partial charge is 0.231 e. The third-order valence-corrected chi connectivity index (χ3v) is 4.69. The molecule has 3 heterocycles. The Morgan fingerprint density at radius 3 is 2.88 bits per heavy atom. The molecule has 7 nitrogen and oxygen atoms in total. The number of aromatic nitrogens is 4. The van der Waals surface area contributed by atoms with E-state index in [0.29, 0.717) is 4.77 Å². The van der Waals surface area contributed by atoms with Gasteiger partial charge in [0, 0.05) is 35.1 Å². The molecule has 0 atom stereocenters. The van der Waals surface area contributed by atoms with Gasteiger partial charge in [-0.15, -0.1) is 0 Å². The molecule has 4 rings (SSSR count). The molecule has 0 saturated carbocycles. The van der Waals surface area contributed by atoms with E-state index in [1.165, 1.54) is 0 Å². The molecule has 0 amide bonds. The van der Waals surface area contributed by atoms with Gasteiger partial charge in [0.25, 0.3) is 0 Å². The van der Waals surface area contributed by atoms with Crippen LogP contribution in [0, 0.1) is 18.6 Å². The molecule has 0 spiro atoms. The van der Waals surface area contributed by atoms with Gasteiger partial charge >= 0.3 is 0 Å². The highest BCUT2D eigenvalue weighted by molar-refractivity contribution is 7.71. The van der Waals surface area contributed by atoms with Crippen molar-refractivity contribution in [2.75, 3.05) is 6.79 Å². The van der Waals surface area contributed by atoms with Gasteiger partial charge in [0.15, 0.2) is 17.3 Å². The second kappa shape index (κ2) is 6.45. The fraction of sp³-hybridized carbons (Fsp3) is 0.278. The molecule has 1 N–H and O–H groups in total. The lowest BCUT2D eigenvalue weighted by Crippen LogP contribution is -2.00. The van der Waals surface area contributed by atoms with Crippen molar-refractivity contribution in [1.82, 2.24) is 19.4 Å². The first-order valence-corrected chi connectivity index (χ1v) is 8.79. The molecule has 0 unspecified atom stereocenters. The molecular weight excluding hydrogens is 350 g/mol. The number of rotatable bonds is 4. The number of ether oxygens (including phenoxy) is 2. The SMILES string of the molecule is CCc1n[nH]c(=S)n1/N=C\c1cc(C)n(-c2ccc3c(c2)OCO3)c1C. The quantitative estimate of drug-likeness (QED) is 0.564. The van der Waals surface area contributed by atoms with Gasteiger partial charge in [-0.25, -0.2) is 0 Å². The summed E-state index contributed by atoms with van der Waals surface area (Å²) in [6.07, 6.45) is 2.57. The molecule has 1 aliphatic rings. The lowest BCUT2D eigenvalue weighted by atomic mass is 10.2. The zero-order valence-corrected chi connectivity index (χ0v) is 15.6. The molecule has 1 aliphatic heterocycles. The molecule has 0 aliphatic carbocycles. The summed E-state index contributed by atoms with van der Waals surface area (Å²) in [5.41, 5.74) is 4.23. The highest BCUT2D eigenvalue weighted by Crippen LogP contribution is 2.34. The maximum Gasteiger partial charge on any atom is 0.231 e. The van der Waals surface area contributed by atoms with Gasteiger partial charge in [-0.2, -0.15) is 14.9 Å². The summed E-state index contributed by atoms with van der Waals surface area (Å²) in [5, 5.41) is 11.5. The average Bonchev–Trinajstić information content (AvgIpc) is 3.30. The second-order valence-electron chi connectivity index (χ2n) is 6.05. The standard InChI is InChI=1S/C18H19N5O2S/c1-4-17-20-21-18(26)23(17)19-9-13-7-11(2)22(12(13)3)14-5-6-15-16(8-14)25-10-24-15/h5-9H,4,10H2,1-3H3,(H,21,26)/b19-9-. The molecule has 0 fully saturated rings. The van der Waals surface area contributed by atoms with E-state index in [9.17, 15) is 0 Å². The van der Waals surface area contributed by atoms with Gasteiger partial charge < -0.3 is 14.0 Å². The van der Waals surface area contributed by atoms with Crippen LogP contribution in [0.25, 0.3) is 5.69 Å². The molecule has 0 radical (unpaired) electrons. The minimum Gasteiger partial charge on any atom is -0.454 e. The number of nitrogens with zero attached hydrogens (tertiary/aromatic N) is 4. The van der Waals surface area contributed by atoms with Crippen LogP contribution in [0.1, 0.15) is 29.7 Å². The molecular formula is C18H19N5O2S. The van der Waals surface area contributed by atoms with Crippen LogP contribution in [0.15, 0.2) is 29.4 Å². The Bertz CT molecular complexity index is 1060. The summed E-state index contributed by atoms with van der Waals surface area (Å²) < 4.78 is 15.2. The summed E-state index contributed by atoms with van der Waals surface area (Å²) in [5.74, 6) is 2.35. The van der Waals surface area contributed by atoms with E-state index < -0.39 is 0 Å². The Morgan fingerprint density at radius 2 is 2.08 bits per heavy atom. The lowest BCUT2D eigenvalue weighted by Gasteiger charge is -2.10. The third kappa shape index (κ3) is 2.72. The Hall–Kier alpha value is -2.87. The van der Waals surface area contributed by atoms with Crippen molar-refractivity contribution in [2.45, 2.75) is 27.2 Å².